The molecule has 8 heteroatoms. The predicted molar refractivity (Wildman–Crippen MR) is 143 cm³/mol. The van der Waals surface area contributed by atoms with Crippen LogP contribution in [0.4, 0.5) is 0 Å². The lowest BCUT2D eigenvalue weighted by Gasteiger charge is -2.20. The molecule has 0 aliphatic carbocycles. The largest absolute Gasteiger partial charge is 0.489 e. The van der Waals surface area contributed by atoms with E-state index in [9.17, 15) is 4.79 Å². The minimum Gasteiger partial charge on any atom is -0.489 e. The van der Waals surface area contributed by atoms with Gasteiger partial charge in [-0.3, -0.25) is 4.79 Å². The number of ether oxygens (including phenoxy) is 1. The molecule has 34 heavy (non-hydrogen) atoms. The van der Waals surface area contributed by atoms with Crippen molar-refractivity contribution < 1.29 is 4.74 Å². The zero-order valence-electron chi connectivity index (χ0n) is 18.8. The van der Waals surface area contributed by atoms with Crippen LogP contribution in [-0.2, 0) is 12.0 Å². The van der Waals surface area contributed by atoms with Gasteiger partial charge >= 0.3 is 0 Å². The highest BCUT2D eigenvalue weighted by Crippen LogP contribution is 2.25. The van der Waals surface area contributed by atoms with Crippen molar-refractivity contribution in [2.45, 2.75) is 32.8 Å². The summed E-state index contributed by atoms with van der Waals surface area (Å²) in [6, 6.07) is 18.3. The summed E-state index contributed by atoms with van der Waals surface area (Å²) in [4.78, 5) is 18.0. The molecule has 1 heterocycles. The number of rotatable bonds is 5. The number of hydrogen-bond donors (Lipinski definition) is 0. The van der Waals surface area contributed by atoms with Crippen LogP contribution in [0.1, 0.15) is 37.7 Å². The van der Waals surface area contributed by atoms with Crippen molar-refractivity contribution in [2.24, 2.45) is 5.10 Å². The Kier molecular flexibility index (Phi) is 7.12. The molecule has 0 aliphatic heterocycles. The molecule has 174 valence electrons. The van der Waals surface area contributed by atoms with Crippen molar-refractivity contribution in [1.82, 2.24) is 9.66 Å². The van der Waals surface area contributed by atoms with E-state index in [-0.39, 0.29) is 11.0 Å². The van der Waals surface area contributed by atoms with Gasteiger partial charge in [0, 0.05) is 9.89 Å². The topological polar surface area (TPSA) is 56.5 Å². The summed E-state index contributed by atoms with van der Waals surface area (Å²) in [6.45, 7) is 6.35. The van der Waals surface area contributed by atoms with E-state index in [0.29, 0.717) is 39.1 Å². The second-order valence-corrected chi connectivity index (χ2v) is 10.5. The standard InChI is InChI=1S/C26H22BrCl2N3O2/c1-26(2,3)25-31-23-10-8-18(27)13-20(23)24(33)32(25)30-14-16-5-4-6-19(11-16)34-15-17-7-9-21(28)22(29)12-17/h4-14H,15H2,1-3H3. The zero-order valence-corrected chi connectivity index (χ0v) is 21.9. The molecule has 0 bridgehead atoms. The van der Waals surface area contributed by atoms with Crippen LogP contribution in [0.5, 0.6) is 5.75 Å². The Balaban J connectivity index is 1.64. The highest BCUT2D eigenvalue weighted by molar-refractivity contribution is 9.10. The second-order valence-electron chi connectivity index (χ2n) is 8.82. The van der Waals surface area contributed by atoms with Crippen LogP contribution in [0.2, 0.25) is 10.0 Å². The lowest BCUT2D eigenvalue weighted by atomic mass is 9.95. The first-order chi connectivity index (χ1) is 16.1. The molecule has 0 atom stereocenters. The third kappa shape index (κ3) is 5.52. The highest BCUT2D eigenvalue weighted by atomic mass is 79.9. The van der Waals surface area contributed by atoms with Gasteiger partial charge in [-0.1, -0.05) is 78.1 Å². The summed E-state index contributed by atoms with van der Waals surface area (Å²) < 4.78 is 8.09. The minimum absolute atomic E-state index is 0.223. The first kappa shape index (κ1) is 24.5. The highest BCUT2D eigenvalue weighted by Gasteiger charge is 2.22. The maximum Gasteiger partial charge on any atom is 0.282 e. The second kappa shape index (κ2) is 9.90. The van der Waals surface area contributed by atoms with E-state index in [2.05, 4.69) is 21.0 Å². The van der Waals surface area contributed by atoms with Gasteiger partial charge < -0.3 is 4.74 Å². The van der Waals surface area contributed by atoms with Gasteiger partial charge in [0.1, 0.15) is 18.2 Å². The Morgan fingerprint density at radius 1 is 1.06 bits per heavy atom. The first-order valence-corrected chi connectivity index (χ1v) is 12.1. The molecule has 0 N–H and O–H groups in total. The third-order valence-corrected chi connectivity index (χ3v) is 6.28. The van der Waals surface area contributed by atoms with Crippen molar-refractivity contribution >= 4 is 56.2 Å². The van der Waals surface area contributed by atoms with Crippen LogP contribution < -0.4 is 10.3 Å². The van der Waals surface area contributed by atoms with Crippen LogP contribution in [0, 0.1) is 0 Å². The van der Waals surface area contributed by atoms with E-state index in [4.69, 9.17) is 32.9 Å². The maximum atomic E-state index is 13.3. The molecule has 4 aromatic rings. The number of halogens is 3. The molecule has 5 nitrogen and oxygen atoms in total. The molecule has 3 aromatic carbocycles. The average Bonchev–Trinajstić information content (AvgIpc) is 2.79. The Hall–Kier alpha value is -2.67. The van der Waals surface area contributed by atoms with E-state index >= 15 is 0 Å². The average molecular weight is 559 g/mol. The molecule has 0 spiro atoms. The van der Waals surface area contributed by atoms with E-state index in [0.717, 1.165) is 15.6 Å². The fraction of sp³-hybridized carbons (Fsp3) is 0.192. The molecule has 0 aliphatic rings. The smallest absolute Gasteiger partial charge is 0.282 e. The Bertz CT molecular complexity index is 1460. The van der Waals surface area contributed by atoms with Gasteiger partial charge in [-0.15, -0.1) is 0 Å². The molecule has 0 radical (unpaired) electrons. The Morgan fingerprint density at radius 2 is 1.85 bits per heavy atom. The van der Waals surface area contributed by atoms with Gasteiger partial charge in [-0.2, -0.15) is 9.78 Å². The molecule has 0 fully saturated rings. The number of nitrogens with zero attached hydrogens (tertiary/aromatic N) is 3. The third-order valence-electron chi connectivity index (χ3n) is 5.05. The molecule has 0 saturated carbocycles. The van der Waals surface area contributed by atoms with Crippen molar-refractivity contribution in [3.63, 3.8) is 0 Å². The van der Waals surface area contributed by atoms with Crippen LogP contribution >= 0.6 is 39.1 Å². The summed E-state index contributed by atoms with van der Waals surface area (Å²) >= 11 is 15.5. The van der Waals surface area contributed by atoms with Crippen LogP contribution in [0.25, 0.3) is 10.9 Å². The summed E-state index contributed by atoms with van der Waals surface area (Å²) in [5, 5.41) is 6.00. The van der Waals surface area contributed by atoms with E-state index < -0.39 is 0 Å². The number of benzene rings is 3. The van der Waals surface area contributed by atoms with Gasteiger partial charge in [-0.05, 0) is 53.6 Å². The van der Waals surface area contributed by atoms with Gasteiger partial charge in [0.05, 0.1) is 27.2 Å². The normalized spacial score (nSPS) is 11.9. The van der Waals surface area contributed by atoms with Crippen molar-refractivity contribution in [3.05, 3.63) is 102 Å². The summed E-state index contributed by atoms with van der Waals surface area (Å²) in [5.74, 6) is 1.24. The van der Waals surface area contributed by atoms with Crippen LogP contribution in [-0.4, -0.2) is 15.9 Å². The van der Waals surface area contributed by atoms with Crippen molar-refractivity contribution in [1.29, 1.82) is 0 Å². The first-order valence-electron chi connectivity index (χ1n) is 10.6. The van der Waals surface area contributed by atoms with Gasteiger partial charge in [-0.25, -0.2) is 4.98 Å². The number of aromatic nitrogens is 2. The summed E-state index contributed by atoms with van der Waals surface area (Å²) in [5.41, 5.74) is 1.72. The SMILES string of the molecule is CC(C)(C)c1nc2ccc(Br)cc2c(=O)n1N=Cc1cccc(OCc2ccc(Cl)c(Cl)c2)c1. The van der Waals surface area contributed by atoms with Gasteiger partial charge in [0.2, 0.25) is 0 Å². The predicted octanol–water partition coefficient (Wildman–Crippen LogP) is 7.22. The molecule has 4 rings (SSSR count). The monoisotopic (exact) mass is 557 g/mol. The molecule has 1 aromatic heterocycles. The van der Waals surface area contributed by atoms with Crippen LogP contribution in [0.3, 0.4) is 0 Å². The van der Waals surface area contributed by atoms with Crippen molar-refractivity contribution in [3.8, 4) is 5.75 Å². The van der Waals surface area contributed by atoms with Crippen molar-refractivity contribution in [2.75, 3.05) is 0 Å². The molecular formula is C26H22BrCl2N3O2. The molecule has 0 saturated heterocycles. The summed E-state index contributed by atoms with van der Waals surface area (Å²) in [7, 11) is 0. The molecular weight excluding hydrogens is 537 g/mol. The van der Waals surface area contributed by atoms with E-state index in [1.165, 1.54) is 4.68 Å². The Morgan fingerprint density at radius 3 is 2.59 bits per heavy atom. The van der Waals surface area contributed by atoms with Gasteiger partial charge in [0.25, 0.3) is 5.56 Å². The Labute approximate surface area is 216 Å². The fourth-order valence-corrected chi connectivity index (χ4v) is 4.03. The molecule has 0 amide bonds. The lowest BCUT2D eigenvalue weighted by molar-refractivity contribution is 0.306. The van der Waals surface area contributed by atoms with Gasteiger partial charge in [0.15, 0.2) is 0 Å². The maximum absolute atomic E-state index is 13.3. The summed E-state index contributed by atoms with van der Waals surface area (Å²) in [6.07, 6.45) is 1.63. The minimum atomic E-state index is -0.386. The number of hydrogen-bond acceptors (Lipinski definition) is 4. The quantitative estimate of drug-likeness (QED) is 0.243. The van der Waals surface area contributed by atoms with Crippen LogP contribution in [0.15, 0.2) is 75.0 Å². The molecule has 0 unspecified atom stereocenters. The zero-order chi connectivity index (χ0) is 24.5. The number of fused-ring (bicyclic) bond motifs is 1. The van der Waals surface area contributed by atoms with E-state index in [1.807, 2.05) is 63.2 Å². The van der Waals surface area contributed by atoms with E-state index in [1.54, 1.807) is 24.4 Å². The lowest BCUT2D eigenvalue weighted by Crippen LogP contribution is -2.29. The fourth-order valence-electron chi connectivity index (χ4n) is 3.35.